The molecular formula is C13H20N2. The minimum Gasteiger partial charge on any atom is -0.314 e. The van der Waals surface area contributed by atoms with E-state index in [0.29, 0.717) is 6.04 Å². The van der Waals surface area contributed by atoms with Crippen LogP contribution in [0.3, 0.4) is 0 Å². The molecule has 0 radical (unpaired) electrons. The molecule has 1 atom stereocenters. The fourth-order valence-corrected chi connectivity index (χ4v) is 2.24. The zero-order chi connectivity index (χ0) is 10.5. The van der Waals surface area contributed by atoms with Gasteiger partial charge in [0.05, 0.1) is 0 Å². The first kappa shape index (κ1) is 10.6. The smallest absolute Gasteiger partial charge is 0.0421 e. The van der Waals surface area contributed by atoms with Crippen LogP contribution in [0.25, 0.3) is 0 Å². The van der Waals surface area contributed by atoms with Crippen LogP contribution in [0, 0.1) is 6.92 Å². The van der Waals surface area contributed by atoms with Gasteiger partial charge in [0.2, 0.25) is 0 Å². The highest BCUT2D eigenvalue weighted by atomic mass is 14.9. The van der Waals surface area contributed by atoms with Gasteiger partial charge in [-0.15, -0.1) is 0 Å². The lowest BCUT2D eigenvalue weighted by Gasteiger charge is -2.15. The number of rotatable bonds is 2. The molecule has 1 aromatic rings. The number of hydrogen-bond acceptors (Lipinski definition) is 2. The zero-order valence-electron chi connectivity index (χ0n) is 9.50. The van der Waals surface area contributed by atoms with Crippen molar-refractivity contribution in [3.05, 3.63) is 29.6 Å². The molecule has 2 nitrogen and oxygen atoms in total. The van der Waals surface area contributed by atoms with Crippen LogP contribution < -0.4 is 5.32 Å². The first-order valence-electron chi connectivity index (χ1n) is 5.99. The summed E-state index contributed by atoms with van der Waals surface area (Å²) < 4.78 is 0. The Morgan fingerprint density at radius 2 is 2.33 bits per heavy atom. The fraction of sp³-hybridized carbons (Fsp3) is 0.615. The van der Waals surface area contributed by atoms with Crippen molar-refractivity contribution >= 4 is 0 Å². The standard InChI is InChI=1S/C13H20N2/c1-11-6-8-15-13(9-11)10-12-5-3-2-4-7-14-12/h6,8-9,12,14H,2-5,7,10H2,1H3. The molecule has 0 saturated carbocycles. The van der Waals surface area contributed by atoms with Gasteiger partial charge in [-0.3, -0.25) is 4.98 Å². The van der Waals surface area contributed by atoms with Gasteiger partial charge in [0.15, 0.2) is 0 Å². The normalized spacial score (nSPS) is 22.3. The molecule has 0 aliphatic carbocycles. The van der Waals surface area contributed by atoms with Gasteiger partial charge in [0.25, 0.3) is 0 Å². The number of nitrogens with zero attached hydrogens (tertiary/aromatic N) is 1. The molecule has 15 heavy (non-hydrogen) atoms. The average Bonchev–Trinajstić information content (AvgIpc) is 2.46. The number of nitrogens with one attached hydrogen (secondary N) is 1. The van der Waals surface area contributed by atoms with Crippen LogP contribution in [-0.2, 0) is 6.42 Å². The van der Waals surface area contributed by atoms with E-state index in [0.717, 1.165) is 6.42 Å². The monoisotopic (exact) mass is 204 g/mol. The van der Waals surface area contributed by atoms with Crippen molar-refractivity contribution in [2.75, 3.05) is 6.54 Å². The Hall–Kier alpha value is -0.890. The van der Waals surface area contributed by atoms with E-state index in [2.05, 4.69) is 29.4 Å². The second-order valence-electron chi connectivity index (χ2n) is 4.53. The van der Waals surface area contributed by atoms with E-state index in [9.17, 15) is 0 Å². The van der Waals surface area contributed by atoms with Crippen LogP contribution in [0.5, 0.6) is 0 Å². The summed E-state index contributed by atoms with van der Waals surface area (Å²) in [4.78, 5) is 4.42. The number of pyridine rings is 1. The highest BCUT2D eigenvalue weighted by Gasteiger charge is 2.12. The minimum atomic E-state index is 0.641. The molecule has 1 unspecified atom stereocenters. The molecule has 1 aromatic heterocycles. The topological polar surface area (TPSA) is 24.9 Å². The second-order valence-corrected chi connectivity index (χ2v) is 4.53. The summed E-state index contributed by atoms with van der Waals surface area (Å²) in [5.74, 6) is 0. The fourth-order valence-electron chi connectivity index (χ4n) is 2.24. The largest absolute Gasteiger partial charge is 0.314 e. The van der Waals surface area contributed by atoms with Crippen molar-refractivity contribution in [2.24, 2.45) is 0 Å². The van der Waals surface area contributed by atoms with E-state index in [1.807, 2.05) is 6.20 Å². The quantitative estimate of drug-likeness (QED) is 0.800. The molecule has 2 rings (SSSR count). The van der Waals surface area contributed by atoms with E-state index in [1.54, 1.807) is 0 Å². The van der Waals surface area contributed by atoms with E-state index in [1.165, 1.54) is 43.5 Å². The molecule has 1 N–H and O–H groups in total. The van der Waals surface area contributed by atoms with E-state index in [4.69, 9.17) is 0 Å². The second kappa shape index (κ2) is 5.26. The maximum Gasteiger partial charge on any atom is 0.0421 e. The lowest BCUT2D eigenvalue weighted by atomic mass is 10.0. The van der Waals surface area contributed by atoms with Gasteiger partial charge in [0, 0.05) is 24.4 Å². The van der Waals surface area contributed by atoms with Crippen molar-refractivity contribution in [1.29, 1.82) is 0 Å². The third-order valence-electron chi connectivity index (χ3n) is 3.09. The Morgan fingerprint density at radius 1 is 1.40 bits per heavy atom. The van der Waals surface area contributed by atoms with Crippen LogP contribution in [0.4, 0.5) is 0 Å². The predicted octanol–water partition coefficient (Wildman–Crippen LogP) is 2.46. The van der Waals surface area contributed by atoms with Gasteiger partial charge >= 0.3 is 0 Å². The zero-order valence-corrected chi connectivity index (χ0v) is 9.50. The third kappa shape index (κ3) is 3.31. The molecule has 0 amide bonds. The summed E-state index contributed by atoms with van der Waals surface area (Å²) in [6.07, 6.45) is 8.38. The maximum absolute atomic E-state index is 4.42. The SMILES string of the molecule is Cc1ccnc(CC2CCCCCN2)c1. The molecule has 1 aliphatic heterocycles. The Morgan fingerprint density at radius 3 is 3.20 bits per heavy atom. The minimum absolute atomic E-state index is 0.641. The Labute approximate surface area is 92.1 Å². The maximum atomic E-state index is 4.42. The number of hydrogen-bond donors (Lipinski definition) is 1. The van der Waals surface area contributed by atoms with Gasteiger partial charge in [-0.05, 0) is 44.0 Å². The van der Waals surface area contributed by atoms with Gasteiger partial charge in [-0.25, -0.2) is 0 Å². The average molecular weight is 204 g/mol. The Bertz CT molecular complexity index is 301. The molecule has 2 heteroatoms. The van der Waals surface area contributed by atoms with E-state index < -0.39 is 0 Å². The highest BCUT2D eigenvalue weighted by Crippen LogP contribution is 2.12. The number of aromatic nitrogens is 1. The molecular weight excluding hydrogens is 184 g/mol. The molecule has 2 heterocycles. The summed E-state index contributed by atoms with van der Waals surface area (Å²) in [5, 5.41) is 3.61. The molecule has 1 saturated heterocycles. The first-order chi connectivity index (χ1) is 7.34. The van der Waals surface area contributed by atoms with Crippen LogP contribution in [0.15, 0.2) is 18.3 Å². The molecule has 82 valence electrons. The van der Waals surface area contributed by atoms with Crippen molar-refractivity contribution in [3.63, 3.8) is 0 Å². The molecule has 1 aliphatic rings. The van der Waals surface area contributed by atoms with Gasteiger partial charge in [-0.2, -0.15) is 0 Å². The molecule has 0 spiro atoms. The van der Waals surface area contributed by atoms with Crippen molar-refractivity contribution < 1.29 is 0 Å². The van der Waals surface area contributed by atoms with Crippen molar-refractivity contribution in [1.82, 2.24) is 10.3 Å². The molecule has 0 aromatic carbocycles. The Kier molecular flexibility index (Phi) is 3.73. The van der Waals surface area contributed by atoms with Crippen LogP contribution in [0.2, 0.25) is 0 Å². The summed E-state index contributed by atoms with van der Waals surface area (Å²) in [7, 11) is 0. The van der Waals surface area contributed by atoms with E-state index in [-0.39, 0.29) is 0 Å². The third-order valence-corrected chi connectivity index (χ3v) is 3.09. The summed E-state index contributed by atoms with van der Waals surface area (Å²) in [6, 6.07) is 4.90. The lowest BCUT2D eigenvalue weighted by molar-refractivity contribution is 0.503. The van der Waals surface area contributed by atoms with E-state index >= 15 is 0 Å². The predicted molar refractivity (Wildman–Crippen MR) is 62.9 cm³/mol. The highest BCUT2D eigenvalue weighted by molar-refractivity contribution is 5.15. The van der Waals surface area contributed by atoms with Crippen LogP contribution >= 0.6 is 0 Å². The van der Waals surface area contributed by atoms with Crippen molar-refractivity contribution in [3.8, 4) is 0 Å². The summed E-state index contributed by atoms with van der Waals surface area (Å²) in [5.41, 5.74) is 2.54. The lowest BCUT2D eigenvalue weighted by Crippen LogP contribution is -2.30. The van der Waals surface area contributed by atoms with Crippen LogP contribution in [-0.4, -0.2) is 17.6 Å². The van der Waals surface area contributed by atoms with Gasteiger partial charge < -0.3 is 5.32 Å². The number of aryl methyl sites for hydroxylation is 1. The Balaban J connectivity index is 1.95. The van der Waals surface area contributed by atoms with Crippen LogP contribution in [0.1, 0.15) is 36.9 Å². The first-order valence-corrected chi connectivity index (χ1v) is 5.99. The van der Waals surface area contributed by atoms with Crippen molar-refractivity contribution in [2.45, 2.75) is 45.1 Å². The summed E-state index contributed by atoms with van der Waals surface area (Å²) in [6.45, 7) is 3.31. The van der Waals surface area contributed by atoms with Gasteiger partial charge in [-0.1, -0.05) is 12.8 Å². The molecule has 0 bridgehead atoms. The van der Waals surface area contributed by atoms with Gasteiger partial charge in [0.1, 0.15) is 0 Å². The summed E-state index contributed by atoms with van der Waals surface area (Å²) >= 11 is 0. The molecule has 1 fully saturated rings.